The number of benzene rings is 1. The highest BCUT2D eigenvalue weighted by atomic mass is 32.2. The first-order chi connectivity index (χ1) is 6.42. The van der Waals surface area contributed by atoms with E-state index >= 15 is 0 Å². The first-order valence-electron chi connectivity index (χ1n) is 4.24. The second-order valence-corrected chi connectivity index (χ2v) is 4.25. The summed E-state index contributed by atoms with van der Waals surface area (Å²) >= 11 is 0. The predicted octanol–water partition coefficient (Wildman–Crippen LogP) is 2.53. The first-order valence-corrected chi connectivity index (χ1v) is 5.27. The van der Waals surface area contributed by atoms with Crippen LogP contribution in [0.25, 0.3) is 0 Å². The number of rotatable bonds is 0. The minimum Gasteiger partial charge on any atom is -0.166 e. The zero-order chi connectivity index (χ0) is 11.0. The predicted molar refractivity (Wildman–Crippen MR) is 57.5 cm³/mol. The van der Waals surface area contributed by atoms with Gasteiger partial charge in [0.15, 0.2) is 0 Å². The summed E-state index contributed by atoms with van der Waals surface area (Å²) in [7, 11) is -2.26. The number of hydrogen-bond acceptors (Lipinski definition) is 3. The summed E-state index contributed by atoms with van der Waals surface area (Å²) in [5.41, 5.74) is -0.466. The molecule has 0 spiro atoms. The van der Waals surface area contributed by atoms with Crippen LogP contribution < -0.4 is 0 Å². The van der Waals surface area contributed by atoms with Crippen molar-refractivity contribution >= 4 is 10.5 Å². The van der Waals surface area contributed by atoms with Crippen LogP contribution >= 0.6 is 0 Å². The molecule has 0 heterocycles. The molecule has 0 unspecified atom stereocenters. The van der Waals surface area contributed by atoms with E-state index < -0.39 is 16.0 Å². The Labute approximate surface area is 86.5 Å². The fourth-order valence-electron chi connectivity index (χ4n) is 0.609. The molecule has 0 aliphatic heterocycles. The molecule has 0 bridgehead atoms. The van der Waals surface area contributed by atoms with E-state index in [2.05, 4.69) is 4.36 Å². The molecule has 0 aliphatic carbocycles. The Morgan fingerprint density at radius 1 is 0.857 bits per heavy atom. The molecule has 1 aromatic carbocycles. The third-order valence-corrected chi connectivity index (χ3v) is 1.71. The topological polar surface area (TPSA) is 46.5 Å². The van der Waals surface area contributed by atoms with Crippen LogP contribution in [-0.4, -0.2) is 14.0 Å². The Hall–Kier alpha value is -1.16. The second-order valence-electron chi connectivity index (χ2n) is 3.63. The third-order valence-electron chi connectivity index (χ3n) is 1.02. The molecule has 78 valence electrons. The van der Waals surface area contributed by atoms with Gasteiger partial charge in [0, 0.05) is 0 Å². The van der Waals surface area contributed by atoms with Crippen molar-refractivity contribution in [1.82, 2.24) is 0 Å². The van der Waals surface area contributed by atoms with E-state index in [0.29, 0.717) is 0 Å². The summed E-state index contributed by atoms with van der Waals surface area (Å²) in [5.74, 6) is 0. The lowest BCUT2D eigenvalue weighted by molar-refractivity contribution is 0.568. The van der Waals surface area contributed by atoms with Gasteiger partial charge in [0.2, 0.25) is 0 Å². The maximum Gasteiger partial charge on any atom is 0.311 e. The smallest absolute Gasteiger partial charge is 0.166 e. The second kappa shape index (κ2) is 6.32. The van der Waals surface area contributed by atoms with E-state index in [1.165, 1.54) is 0 Å². The third kappa shape index (κ3) is 10.8. The molecule has 14 heavy (non-hydrogen) atoms. The Balaban J connectivity index is 0.000000249. The largest absolute Gasteiger partial charge is 0.311 e. The molecule has 1 aromatic rings. The average molecular weight is 213 g/mol. The Kier molecular flexibility index (Phi) is 5.79. The molecule has 0 N–H and O–H groups in total. The Bertz CT molecular complexity index is 328. The Morgan fingerprint density at radius 3 is 1.21 bits per heavy atom. The van der Waals surface area contributed by atoms with Crippen molar-refractivity contribution in [2.45, 2.75) is 26.3 Å². The highest BCUT2D eigenvalue weighted by molar-refractivity contribution is 7.61. The molecular formula is C10H15NO2S. The fourth-order valence-corrected chi connectivity index (χ4v) is 1.06. The van der Waals surface area contributed by atoms with Gasteiger partial charge in [-0.25, -0.2) is 0 Å². The van der Waals surface area contributed by atoms with Crippen molar-refractivity contribution in [3.8, 4) is 0 Å². The molecule has 0 amide bonds. The van der Waals surface area contributed by atoms with Gasteiger partial charge in [-0.05, 0) is 20.8 Å². The van der Waals surface area contributed by atoms with Gasteiger partial charge in [-0.15, -0.1) is 0 Å². The molecule has 0 aromatic heterocycles. The molecule has 0 saturated heterocycles. The van der Waals surface area contributed by atoms with E-state index in [-0.39, 0.29) is 0 Å². The van der Waals surface area contributed by atoms with Crippen molar-refractivity contribution in [1.29, 1.82) is 0 Å². The molecule has 0 fully saturated rings. The summed E-state index contributed by atoms with van der Waals surface area (Å²) in [4.78, 5) is 0. The number of nitrogens with zero attached hydrogens (tertiary/aromatic N) is 1. The van der Waals surface area contributed by atoms with Crippen molar-refractivity contribution in [2.24, 2.45) is 4.36 Å². The van der Waals surface area contributed by atoms with Crippen LogP contribution in [0.5, 0.6) is 0 Å². The first kappa shape index (κ1) is 12.8. The summed E-state index contributed by atoms with van der Waals surface area (Å²) in [6.07, 6.45) is 0. The van der Waals surface area contributed by atoms with Gasteiger partial charge >= 0.3 is 10.5 Å². The molecule has 0 saturated carbocycles. The summed E-state index contributed by atoms with van der Waals surface area (Å²) in [5, 5.41) is 0. The Morgan fingerprint density at radius 2 is 1.14 bits per heavy atom. The maximum atomic E-state index is 9.85. The van der Waals surface area contributed by atoms with E-state index in [0.717, 1.165) is 0 Å². The lowest BCUT2D eigenvalue weighted by atomic mass is 10.1. The van der Waals surface area contributed by atoms with Gasteiger partial charge in [-0.2, -0.15) is 12.8 Å². The summed E-state index contributed by atoms with van der Waals surface area (Å²) in [6.45, 7) is 5.18. The monoisotopic (exact) mass is 213 g/mol. The molecule has 0 radical (unpaired) electrons. The van der Waals surface area contributed by atoms with Gasteiger partial charge in [-0.1, -0.05) is 36.4 Å². The zero-order valence-corrected chi connectivity index (χ0v) is 9.45. The normalized spacial score (nSPS) is 9.64. The van der Waals surface area contributed by atoms with Crippen molar-refractivity contribution in [3.63, 3.8) is 0 Å². The van der Waals surface area contributed by atoms with Gasteiger partial charge in [-0.3, -0.25) is 0 Å². The van der Waals surface area contributed by atoms with Crippen molar-refractivity contribution in [3.05, 3.63) is 36.4 Å². The minimum atomic E-state index is -2.26. The fraction of sp³-hybridized carbons (Fsp3) is 0.400. The SMILES string of the molecule is CC(C)(C)N=S(=O)=O.c1ccccc1. The van der Waals surface area contributed by atoms with Crippen molar-refractivity contribution in [2.75, 3.05) is 0 Å². The van der Waals surface area contributed by atoms with Crippen LogP contribution in [0.3, 0.4) is 0 Å². The maximum absolute atomic E-state index is 9.85. The van der Waals surface area contributed by atoms with Crippen LogP contribution in [-0.2, 0) is 10.5 Å². The van der Waals surface area contributed by atoms with Crippen LogP contribution in [0.2, 0.25) is 0 Å². The van der Waals surface area contributed by atoms with Gasteiger partial charge in [0.1, 0.15) is 0 Å². The summed E-state index contributed by atoms with van der Waals surface area (Å²) < 4.78 is 23.0. The van der Waals surface area contributed by atoms with Crippen molar-refractivity contribution < 1.29 is 8.42 Å². The van der Waals surface area contributed by atoms with Gasteiger partial charge in [0.05, 0.1) is 5.54 Å². The highest BCUT2D eigenvalue weighted by Gasteiger charge is 2.05. The highest BCUT2D eigenvalue weighted by Crippen LogP contribution is 2.04. The van der Waals surface area contributed by atoms with Gasteiger partial charge < -0.3 is 0 Å². The standard InChI is InChI=1S/C6H6.C4H9NO2S/c1-2-4-6-5-3-1;1-4(2,3)5-8(6)7/h1-6H;1-3H3. The van der Waals surface area contributed by atoms with E-state index in [1.54, 1.807) is 20.8 Å². The van der Waals surface area contributed by atoms with E-state index in [9.17, 15) is 8.42 Å². The molecule has 0 atom stereocenters. The van der Waals surface area contributed by atoms with E-state index in [1.807, 2.05) is 36.4 Å². The molecule has 0 aliphatic rings. The van der Waals surface area contributed by atoms with E-state index in [4.69, 9.17) is 0 Å². The minimum absolute atomic E-state index is 0.466. The molecule has 1 rings (SSSR count). The van der Waals surface area contributed by atoms with Crippen LogP contribution in [0, 0.1) is 0 Å². The van der Waals surface area contributed by atoms with Crippen LogP contribution in [0.1, 0.15) is 20.8 Å². The lowest BCUT2D eigenvalue weighted by Gasteiger charge is -2.05. The van der Waals surface area contributed by atoms with Crippen LogP contribution in [0.15, 0.2) is 40.8 Å². The van der Waals surface area contributed by atoms with Gasteiger partial charge in [0.25, 0.3) is 0 Å². The van der Waals surface area contributed by atoms with Crippen LogP contribution in [0.4, 0.5) is 0 Å². The number of hydrogen-bond donors (Lipinski definition) is 0. The molecule has 4 heteroatoms. The quantitative estimate of drug-likeness (QED) is 0.664. The molecular weight excluding hydrogens is 198 g/mol. The lowest BCUT2D eigenvalue weighted by Crippen LogP contribution is -2.07. The zero-order valence-electron chi connectivity index (χ0n) is 8.64. The average Bonchev–Trinajstić information content (AvgIpc) is 2.03. The molecule has 3 nitrogen and oxygen atoms in total. The summed E-state index contributed by atoms with van der Waals surface area (Å²) in [6, 6.07) is 12.0.